The van der Waals surface area contributed by atoms with Crippen LogP contribution in [0.1, 0.15) is 25.5 Å². The van der Waals surface area contributed by atoms with Crippen LogP contribution < -0.4 is 5.32 Å². The van der Waals surface area contributed by atoms with E-state index in [0.717, 1.165) is 0 Å². The van der Waals surface area contributed by atoms with E-state index >= 15 is 0 Å². The molecule has 90 valence electrons. The lowest BCUT2D eigenvalue weighted by molar-refractivity contribution is 0.238. The number of aliphatic hydroxyl groups is 1. The Labute approximate surface area is 102 Å². The van der Waals surface area contributed by atoms with Gasteiger partial charge in [0.1, 0.15) is 0 Å². The van der Waals surface area contributed by atoms with E-state index in [9.17, 15) is 5.11 Å². The molecule has 2 nitrogen and oxygen atoms in total. The zero-order valence-corrected chi connectivity index (χ0v) is 10.4. The summed E-state index contributed by atoms with van der Waals surface area (Å²) in [5.41, 5.74) is 1.17. The van der Waals surface area contributed by atoms with Crippen LogP contribution in [0.15, 0.2) is 42.5 Å². The predicted octanol–water partition coefficient (Wildman–Crippen LogP) is 2.87. The van der Waals surface area contributed by atoms with Crippen LogP contribution >= 0.6 is 0 Å². The van der Waals surface area contributed by atoms with Gasteiger partial charge in [0.15, 0.2) is 0 Å². The van der Waals surface area contributed by atoms with E-state index in [2.05, 4.69) is 43.4 Å². The number of rotatable bonds is 4. The van der Waals surface area contributed by atoms with E-state index in [-0.39, 0.29) is 12.6 Å². The first-order chi connectivity index (χ1) is 8.22. The molecule has 0 aliphatic carbocycles. The highest BCUT2D eigenvalue weighted by Gasteiger charge is 2.13. The summed E-state index contributed by atoms with van der Waals surface area (Å²) < 4.78 is 0. The van der Waals surface area contributed by atoms with Gasteiger partial charge in [-0.15, -0.1) is 0 Å². The summed E-state index contributed by atoms with van der Waals surface area (Å²) >= 11 is 0. The van der Waals surface area contributed by atoms with Crippen molar-refractivity contribution in [2.75, 3.05) is 6.61 Å². The largest absolute Gasteiger partial charge is 0.394 e. The van der Waals surface area contributed by atoms with Crippen LogP contribution in [0.2, 0.25) is 0 Å². The zero-order chi connectivity index (χ0) is 12.3. The van der Waals surface area contributed by atoms with Crippen molar-refractivity contribution in [3.8, 4) is 0 Å². The molecule has 0 radical (unpaired) electrons. The van der Waals surface area contributed by atoms with Crippen molar-refractivity contribution in [2.45, 2.75) is 25.9 Å². The second-order valence-corrected chi connectivity index (χ2v) is 4.62. The van der Waals surface area contributed by atoms with Gasteiger partial charge in [0.05, 0.1) is 12.6 Å². The van der Waals surface area contributed by atoms with Crippen molar-refractivity contribution in [2.24, 2.45) is 0 Å². The second-order valence-electron chi connectivity index (χ2n) is 4.62. The fraction of sp³-hybridized carbons (Fsp3) is 0.333. The smallest absolute Gasteiger partial charge is 0.0626 e. The number of nitrogens with one attached hydrogen (secondary N) is 1. The van der Waals surface area contributed by atoms with Crippen molar-refractivity contribution in [3.05, 3.63) is 48.0 Å². The van der Waals surface area contributed by atoms with E-state index in [0.29, 0.717) is 6.04 Å². The molecule has 0 heterocycles. The molecular weight excluding hydrogens is 210 g/mol. The molecule has 2 N–H and O–H groups in total. The topological polar surface area (TPSA) is 32.3 Å². The van der Waals surface area contributed by atoms with Crippen LogP contribution in [0.25, 0.3) is 10.8 Å². The summed E-state index contributed by atoms with van der Waals surface area (Å²) in [6.45, 7) is 4.30. The van der Waals surface area contributed by atoms with Gasteiger partial charge in [0.25, 0.3) is 0 Å². The van der Waals surface area contributed by atoms with Crippen LogP contribution in [-0.2, 0) is 0 Å². The molecule has 2 heteroatoms. The van der Waals surface area contributed by atoms with Gasteiger partial charge in [-0.25, -0.2) is 0 Å². The number of aliphatic hydroxyl groups excluding tert-OH is 1. The molecule has 0 aromatic heterocycles. The molecule has 0 saturated heterocycles. The lowest BCUT2D eigenvalue weighted by Gasteiger charge is -2.21. The van der Waals surface area contributed by atoms with Crippen LogP contribution in [0.4, 0.5) is 0 Å². The molecule has 1 unspecified atom stereocenters. The lowest BCUT2D eigenvalue weighted by atomic mass is 9.99. The Morgan fingerprint density at radius 2 is 1.76 bits per heavy atom. The minimum Gasteiger partial charge on any atom is -0.394 e. The molecule has 0 spiro atoms. The number of hydrogen-bond donors (Lipinski definition) is 2. The first kappa shape index (κ1) is 12.1. The molecular formula is C15H19NO. The standard InChI is InChI=1S/C15H19NO/c1-11(2)16-15(10-17)14-9-5-7-12-6-3-4-8-13(12)14/h3-9,11,15-17H,10H2,1-2H3. The van der Waals surface area contributed by atoms with Gasteiger partial charge in [-0.05, 0) is 16.3 Å². The highest BCUT2D eigenvalue weighted by molar-refractivity contribution is 5.86. The van der Waals surface area contributed by atoms with Gasteiger partial charge in [-0.3, -0.25) is 0 Å². The molecule has 0 saturated carbocycles. The average molecular weight is 229 g/mol. The molecule has 2 rings (SSSR count). The number of hydrogen-bond acceptors (Lipinski definition) is 2. The molecule has 0 aliphatic heterocycles. The maximum Gasteiger partial charge on any atom is 0.0626 e. The van der Waals surface area contributed by atoms with E-state index in [4.69, 9.17) is 0 Å². The Morgan fingerprint density at radius 3 is 2.47 bits per heavy atom. The molecule has 2 aromatic rings. The van der Waals surface area contributed by atoms with E-state index in [1.54, 1.807) is 0 Å². The minimum absolute atomic E-state index is 0.00102. The highest BCUT2D eigenvalue weighted by atomic mass is 16.3. The van der Waals surface area contributed by atoms with E-state index in [1.165, 1.54) is 16.3 Å². The van der Waals surface area contributed by atoms with Gasteiger partial charge in [0.2, 0.25) is 0 Å². The van der Waals surface area contributed by atoms with Gasteiger partial charge in [-0.1, -0.05) is 56.3 Å². The Hall–Kier alpha value is -1.38. The summed E-state index contributed by atoms with van der Waals surface area (Å²) in [5, 5.41) is 15.3. The number of fused-ring (bicyclic) bond motifs is 1. The molecule has 2 aromatic carbocycles. The molecule has 0 amide bonds. The summed E-state index contributed by atoms with van der Waals surface area (Å²) in [6.07, 6.45) is 0. The van der Waals surface area contributed by atoms with Gasteiger partial charge in [-0.2, -0.15) is 0 Å². The fourth-order valence-corrected chi connectivity index (χ4v) is 2.20. The summed E-state index contributed by atoms with van der Waals surface area (Å²) in [5.74, 6) is 0. The average Bonchev–Trinajstić information content (AvgIpc) is 2.35. The SMILES string of the molecule is CC(C)NC(CO)c1cccc2ccccc12. The summed E-state index contributed by atoms with van der Waals surface area (Å²) in [4.78, 5) is 0. The second kappa shape index (κ2) is 5.30. The van der Waals surface area contributed by atoms with Crippen molar-refractivity contribution >= 4 is 10.8 Å². The van der Waals surface area contributed by atoms with Crippen molar-refractivity contribution in [1.29, 1.82) is 0 Å². The van der Waals surface area contributed by atoms with Crippen LogP contribution in [0.3, 0.4) is 0 Å². The van der Waals surface area contributed by atoms with Crippen molar-refractivity contribution in [1.82, 2.24) is 5.32 Å². The highest BCUT2D eigenvalue weighted by Crippen LogP contribution is 2.24. The van der Waals surface area contributed by atoms with E-state index < -0.39 is 0 Å². The number of benzene rings is 2. The third-order valence-corrected chi connectivity index (χ3v) is 2.92. The summed E-state index contributed by atoms with van der Waals surface area (Å²) in [7, 11) is 0. The van der Waals surface area contributed by atoms with Gasteiger partial charge < -0.3 is 10.4 Å². The molecule has 17 heavy (non-hydrogen) atoms. The fourth-order valence-electron chi connectivity index (χ4n) is 2.20. The van der Waals surface area contributed by atoms with Crippen molar-refractivity contribution in [3.63, 3.8) is 0 Å². The Balaban J connectivity index is 2.46. The van der Waals surface area contributed by atoms with E-state index in [1.807, 2.05) is 18.2 Å². The zero-order valence-electron chi connectivity index (χ0n) is 10.4. The maximum atomic E-state index is 9.53. The first-order valence-corrected chi connectivity index (χ1v) is 6.07. The monoisotopic (exact) mass is 229 g/mol. The minimum atomic E-state index is 0.00102. The quantitative estimate of drug-likeness (QED) is 0.845. The maximum absolute atomic E-state index is 9.53. The Morgan fingerprint density at radius 1 is 1.06 bits per heavy atom. The lowest BCUT2D eigenvalue weighted by Crippen LogP contribution is -2.30. The third-order valence-electron chi connectivity index (χ3n) is 2.92. The van der Waals surface area contributed by atoms with Gasteiger partial charge >= 0.3 is 0 Å². The van der Waals surface area contributed by atoms with Crippen LogP contribution in [-0.4, -0.2) is 17.8 Å². The third kappa shape index (κ3) is 2.65. The van der Waals surface area contributed by atoms with Crippen LogP contribution in [0, 0.1) is 0 Å². The Kier molecular flexibility index (Phi) is 3.77. The molecule has 0 fully saturated rings. The Bertz CT molecular complexity index is 488. The first-order valence-electron chi connectivity index (χ1n) is 6.07. The molecule has 0 aliphatic rings. The molecule has 1 atom stereocenters. The summed E-state index contributed by atoms with van der Waals surface area (Å²) in [6, 6.07) is 14.9. The molecule has 0 bridgehead atoms. The normalized spacial score (nSPS) is 13.2. The predicted molar refractivity (Wildman–Crippen MR) is 72.0 cm³/mol. The van der Waals surface area contributed by atoms with Gasteiger partial charge in [0, 0.05) is 6.04 Å². The van der Waals surface area contributed by atoms with Crippen molar-refractivity contribution < 1.29 is 5.11 Å². The van der Waals surface area contributed by atoms with Crippen LogP contribution in [0.5, 0.6) is 0 Å².